The molecule has 1 aliphatic heterocycles. The molecule has 1 saturated heterocycles. The van der Waals surface area contributed by atoms with Crippen LogP contribution in [-0.2, 0) is 4.74 Å². The zero-order valence-electron chi connectivity index (χ0n) is 13.4. The van der Waals surface area contributed by atoms with Gasteiger partial charge in [0.1, 0.15) is 0 Å². The normalized spacial score (nSPS) is 17.4. The van der Waals surface area contributed by atoms with Gasteiger partial charge in [0.25, 0.3) is 0 Å². The Kier molecular flexibility index (Phi) is 4.86. The first-order valence-electron chi connectivity index (χ1n) is 8.05. The minimum atomic E-state index is 0.191. The zero-order valence-corrected chi connectivity index (χ0v) is 13.4. The standard InChI is InChI=1S/C19H24N2O/c1-14-5-6-15(2)18(12-14)19(16-4-3-9-20-13-16)21-17-7-10-22-11-8-17/h3-6,9,12-13,17,19,21H,7-8,10-11H2,1-2H3. The fourth-order valence-electron chi connectivity index (χ4n) is 3.08. The van der Waals surface area contributed by atoms with E-state index >= 15 is 0 Å². The number of ether oxygens (including phenoxy) is 1. The van der Waals surface area contributed by atoms with Gasteiger partial charge >= 0.3 is 0 Å². The van der Waals surface area contributed by atoms with Crippen LogP contribution in [0.25, 0.3) is 0 Å². The summed E-state index contributed by atoms with van der Waals surface area (Å²) in [7, 11) is 0. The Morgan fingerprint density at radius 2 is 2.00 bits per heavy atom. The second-order valence-corrected chi connectivity index (χ2v) is 6.13. The first kappa shape index (κ1) is 15.2. The SMILES string of the molecule is Cc1ccc(C)c(C(NC2CCOCC2)c2cccnc2)c1. The second-order valence-electron chi connectivity index (χ2n) is 6.13. The summed E-state index contributed by atoms with van der Waals surface area (Å²) < 4.78 is 5.48. The predicted molar refractivity (Wildman–Crippen MR) is 89.0 cm³/mol. The molecule has 0 spiro atoms. The highest BCUT2D eigenvalue weighted by molar-refractivity contribution is 5.38. The number of hydrogen-bond acceptors (Lipinski definition) is 3. The molecule has 3 rings (SSSR count). The van der Waals surface area contributed by atoms with Crippen molar-refractivity contribution >= 4 is 0 Å². The van der Waals surface area contributed by atoms with Crippen molar-refractivity contribution < 1.29 is 4.74 Å². The van der Waals surface area contributed by atoms with Gasteiger partial charge in [0.15, 0.2) is 0 Å². The van der Waals surface area contributed by atoms with E-state index in [4.69, 9.17) is 4.74 Å². The maximum atomic E-state index is 5.48. The Bertz CT molecular complexity index is 606. The summed E-state index contributed by atoms with van der Waals surface area (Å²) in [5, 5.41) is 3.84. The van der Waals surface area contributed by atoms with E-state index in [2.05, 4.69) is 48.4 Å². The Hall–Kier alpha value is -1.71. The Balaban J connectivity index is 1.93. The highest BCUT2D eigenvalue weighted by Gasteiger charge is 2.22. The van der Waals surface area contributed by atoms with Crippen molar-refractivity contribution in [1.29, 1.82) is 0 Å². The lowest BCUT2D eigenvalue weighted by Gasteiger charge is -2.30. The van der Waals surface area contributed by atoms with Crippen molar-refractivity contribution in [2.75, 3.05) is 13.2 Å². The molecule has 0 aliphatic carbocycles. The Morgan fingerprint density at radius 1 is 1.18 bits per heavy atom. The summed E-state index contributed by atoms with van der Waals surface area (Å²) in [5.41, 5.74) is 5.18. The molecule has 22 heavy (non-hydrogen) atoms. The third kappa shape index (κ3) is 3.54. The van der Waals surface area contributed by atoms with E-state index in [1.54, 1.807) is 0 Å². The number of pyridine rings is 1. The van der Waals surface area contributed by atoms with E-state index in [1.165, 1.54) is 22.3 Å². The van der Waals surface area contributed by atoms with Gasteiger partial charge in [0.2, 0.25) is 0 Å². The van der Waals surface area contributed by atoms with Gasteiger partial charge in [-0.1, -0.05) is 29.8 Å². The maximum Gasteiger partial charge on any atom is 0.0596 e. The molecule has 1 atom stereocenters. The molecule has 116 valence electrons. The highest BCUT2D eigenvalue weighted by Crippen LogP contribution is 2.27. The molecule has 1 N–H and O–H groups in total. The summed E-state index contributed by atoms with van der Waals surface area (Å²) in [6, 6.07) is 11.5. The minimum Gasteiger partial charge on any atom is -0.381 e. The van der Waals surface area contributed by atoms with Gasteiger partial charge in [-0.05, 0) is 49.4 Å². The maximum absolute atomic E-state index is 5.48. The van der Waals surface area contributed by atoms with Crippen LogP contribution in [0.5, 0.6) is 0 Å². The molecular formula is C19H24N2O. The van der Waals surface area contributed by atoms with Gasteiger partial charge in [-0.3, -0.25) is 4.98 Å². The number of benzene rings is 1. The van der Waals surface area contributed by atoms with Crippen LogP contribution in [0.15, 0.2) is 42.7 Å². The fraction of sp³-hybridized carbons (Fsp3) is 0.421. The fourth-order valence-corrected chi connectivity index (χ4v) is 3.08. The highest BCUT2D eigenvalue weighted by atomic mass is 16.5. The van der Waals surface area contributed by atoms with Crippen LogP contribution in [0.1, 0.15) is 41.1 Å². The van der Waals surface area contributed by atoms with Gasteiger partial charge in [-0.25, -0.2) is 0 Å². The molecule has 1 aliphatic rings. The number of rotatable bonds is 4. The topological polar surface area (TPSA) is 34.1 Å². The van der Waals surface area contributed by atoms with E-state index < -0.39 is 0 Å². The van der Waals surface area contributed by atoms with Crippen LogP contribution in [0.3, 0.4) is 0 Å². The van der Waals surface area contributed by atoms with Crippen molar-refractivity contribution in [3.05, 3.63) is 65.0 Å². The molecule has 0 radical (unpaired) electrons. The first-order chi connectivity index (χ1) is 10.7. The Labute approximate surface area is 132 Å². The molecule has 3 nitrogen and oxygen atoms in total. The van der Waals surface area contributed by atoms with Crippen LogP contribution in [0.2, 0.25) is 0 Å². The smallest absolute Gasteiger partial charge is 0.0596 e. The van der Waals surface area contributed by atoms with Gasteiger partial charge < -0.3 is 10.1 Å². The van der Waals surface area contributed by atoms with Crippen molar-refractivity contribution in [3.8, 4) is 0 Å². The van der Waals surface area contributed by atoms with Crippen molar-refractivity contribution in [2.45, 2.75) is 38.8 Å². The molecule has 1 aromatic heterocycles. The van der Waals surface area contributed by atoms with Crippen LogP contribution < -0.4 is 5.32 Å². The number of aromatic nitrogens is 1. The average molecular weight is 296 g/mol. The first-order valence-corrected chi connectivity index (χ1v) is 8.05. The summed E-state index contributed by atoms with van der Waals surface area (Å²) >= 11 is 0. The quantitative estimate of drug-likeness (QED) is 0.937. The van der Waals surface area contributed by atoms with Gasteiger partial charge in [0, 0.05) is 31.6 Å². The van der Waals surface area contributed by atoms with Crippen LogP contribution >= 0.6 is 0 Å². The van der Waals surface area contributed by atoms with Gasteiger partial charge in [-0.15, -0.1) is 0 Å². The predicted octanol–water partition coefficient (Wildman–Crippen LogP) is 3.56. The largest absolute Gasteiger partial charge is 0.381 e. The third-order valence-electron chi connectivity index (χ3n) is 4.39. The summed E-state index contributed by atoms with van der Waals surface area (Å²) in [4.78, 5) is 4.31. The van der Waals surface area contributed by atoms with Crippen LogP contribution in [0.4, 0.5) is 0 Å². The zero-order chi connectivity index (χ0) is 15.4. The van der Waals surface area contributed by atoms with E-state index in [-0.39, 0.29) is 6.04 Å². The Morgan fingerprint density at radius 3 is 2.73 bits per heavy atom. The molecule has 1 fully saturated rings. The molecule has 1 unspecified atom stereocenters. The molecular weight excluding hydrogens is 272 g/mol. The van der Waals surface area contributed by atoms with Gasteiger partial charge in [-0.2, -0.15) is 0 Å². The van der Waals surface area contributed by atoms with Gasteiger partial charge in [0.05, 0.1) is 6.04 Å². The lowest BCUT2D eigenvalue weighted by atomic mass is 9.93. The van der Waals surface area contributed by atoms with Crippen molar-refractivity contribution in [3.63, 3.8) is 0 Å². The average Bonchev–Trinajstić information content (AvgIpc) is 2.57. The van der Waals surface area contributed by atoms with E-state index in [0.717, 1.165) is 26.1 Å². The second kappa shape index (κ2) is 7.03. The van der Waals surface area contributed by atoms with E-state index in [0.29, 0.717) is 6.04 Å². The number of aryl methyl sites for hydroxylation is 2. The number of nitrogens with one attached hydrogen (secondary N) is 1. The molecule has 2 aromatic rings. The minimum absolute atomic E-state index is 0.191. The molecule has 2 heterocycles. The molecule has 0 amide bonds. The monoisotopic (exact) mass is 296 g/mol. The summed E-state index contributed by atoms with van der Waals surface area (Å²) in [6.45, 7) is 6.04. The van der Waals surface area contributed by atoms with E-state index in [9.17, 15) is 0 Å². The third-order valence-corrected chi connectivity index (χ3v) is 4.39. The van der Waals surface area contributed by atoms with Crippen molar-refractivity contribution in [1.82, 2.24) is 10.3 Å². The molecule has 0 bridgehead atoms. The van der Waals surface area contributed by atoms with Crippen molar-refractivity contribution in [2.24, 2.45) is 0 Å². The van der Waals surface area contributed by atoms with E-state index in [1.807, 2.05) is 18.5 Å². The molecule has 3 heteroatoms. The lowest BCUT2D eigenvalue weighted by Crippen LogP contribution is -2.38. The lowest BCUT2D eigenvalue weighted by molar-refractivity contribution is 0.0760. The summed E-state index contributed by atoms with van der Waals surface area (Å²) in [5.74, 6) is 0. The van der Waals surface area contributed by atoms with Crippen LogP contribution in [-0.4, -0.2) is 24.2 Å². The van der Waals surface area contributed by atoms with Crippen LogP contribution in [0, 0.1) is 13.8 Å². The molecule has 0 saturated carbocycles. The summed E-state index contributed by atoms with van der Waals surface area (Å²) in [6.07, 6.45) is 5.94. The number of nitrogens with zero attached hydrogens (tertiary/aromatic N) is 1. The number of hydrogen-bond donors (Lipinski definition) is 1. The molecule has 1 aromatic carbocycles.